The van der Waals surface area contributed by atoms with Crippen LogP contribution in [0.2, 0.25) is 0 Å². The Labute approximate surface area is 131 Å². The number of nitrogens with zero attached hydrogens (tertiary/aromatic N) is 4. The number of benzene rings is 1. The second-order valence-electron chi connectivity index (χ2n) is 4.71. The van der Waals surface area contributed by atoms with Gasteiger partial charge in [-0.05, 0) is 18.6 Å². The van der Waals surface area contributed by atoms with Crippen LogP contribution in [0.3, 0.4) is 0 Å². The van der Waals surface area contributed by atoms with Gasteiger partial charge >= 0.3 is 0 Å². The van der Waals surface area contributed by atoms with E-state index in [0.29, 0.717) is 23.1 Å². The van der Waals surface area contributed by atoms with Crippen LogP contribution in [0.15, 0.2) is 35.8 Å². The van der Waals surface area contributed by atoms with E-state index in [-0.39, 0.29) is 5.95 Å². The van der Waals surface area contributed by atoms with Crippen LogP contribution in [0, 0.1) is 12.3 Å². The summed E-state index contributed by atoms with van der Waals surface area (Å²) in [5, 5.41) is 12.8. The van der Waals surface area contributed by atoms with Gasteiger partial charge in [-0.2, -0.15) is 15.0 Å². The van der Waals surface area contributed by atoms with E-state index in [1.807, 2.05) is 42.8 Å². The number of rotatable bonds is 4. The SMILES string of the molecule is Cc1ccccc1Nc1nc(N)nc(Cn2ccsc2=N)n1. The summed E-state index contributed by atoms with van der Waals surface area (Å²) in [6.45, 7) is 2.39. The third kappa shape index (κ3) is 3.12. The molecule has 3 aromatic rings. The molecule has 0 saturated carbocycles. The molecule has 3 rings (SSSR count). The molecule has 0 fully saturated rings. The Balaban J connectivity index is 1.88. The molecule has 1 aromatic carbocycles. The summed E-state index contributed by atoms with van der Waals surface area (Å²) < 4.78 is 1.75. The summed E-state index contributed by atoms with van der Waals surface area (Å²) in [7, 11) is 0. The molecule has 22 heavy (non-hydrogen) atoms. The van der Waals surface area contributed by atoms with Crippen molar-refractivity contribution in [1.29, 1.82) is 5.41 Å². The first-order valence-corrected chi connectivity index (χ1v) is 7.51. The largest absolute Gasteiger partial charge is 0.368 e. The topological polar surface area (TPSA) is 105 Å². The Morgan fingerprint density at radius 1 is 1.27 bits per heavy atom. The lowest BCUT2D eigenvalue weighted by molar-refractivity contribution is 0.712. The number of hydrogen-bond donors (Lipinski definition) is 3. The summed E-state index contributed by atoms with van der Waals surface area (Å²) in [4.78, 5) is 13.1. The maximum Gasteiger partial charge on any atom is 0.232 e. The quantitative estimate of drug-likeness (QED) is 0.682. The highest BCUT2D eigenvalue weighted by Gasteiger charge is 2.07. The number of nitrogen functional groups attached to an aromatic ring is 1. The summed E-state index contributed by atoms with van der Waals surface area (Å²) in [5.74, 6) is 1.07. The molecule has 112 valence electrons. The van der Waals surface area contributed by atoms with Crippen LogP contribution in [-0.2, 0) is 6.54 Å². The van der Waals surface area contributed by atoms with Crippen molar-refractivity contribution in [3.63, 3.8) is 0 Å². The van der Waals surface area contributed by atoms with Gasteiger partial charge < -0.3 is 15.6 Å². The molecule has 0 unspecified atom stereocenters. The van der Waals surface area contributed by atoms with Crippen molar-refractivity contribution < 1.29 is 0 Å². The van der Waals surface area contributed by atoms with Crippen LogP contribution in [0.25, 0.3) is 0 Å². The predicted octanol–water partition coefficient (Wildman–Crippen LogP) is 1.90. The minimum absolute atomic E-state index is 0.156. The van der Waals surface area contributed by atoms with Gasteiger partial charge in [0.1, 0.15) is 0 Å². The molecule has 0 saturated heterocycles. The number of hydrogen-bond acceptors (Lipinski definition) is 7. The van der Waals surface area contributed by atoms with Crippen LogP contribution in [0.1, 0.15) is 11.4 Å². The van der Waals surface area contributed by atoms with E-state index in [2.05, 4.69) is 20.3 Å². The molecule has 0 bridgehead atoms. The van der Waals surface area contributed by atoms with Crippen LogP contribution in [0.4, 0.5) is 17.6 Å². The molecular weight excluding hydrogens is 298 g/mol. The smallest absolute Gasteiger partial charge is 0.232 e. The standard InChI is InChI=1S/C14H15N7S/c1-9-4-2-3-5-10(9)17-14-19-11(18-12(15)20-14)8-21-6-7-22-13(21)16/h2-7,16H,8H2,1H3,(H3,15,17,18,19,20). The van der Waals surface area contributed by atoms with Crippen LogP contribution in [0.5, 0.6) is 0 Å². The molecule has 0 aliphatic carbocycles. The minimum atomic E-state index is 0.156. The number of anilines is 3. The molecule has 2 aromatic heterocycles. The summed E-state index contributed by atoms with van der Waals surface area (Å²) >= 11 is 1.35. The first-order valence-electron chi connectivity index (χ1n) is 6.63. The average molecular weight is 313 g/mol. The number of aryl methyl sites for hydroxylation is 1. The Kier molecular flexibility index (Phi) is 3.84. The Morgan fingerprint density at radius 3 is 2.82 bits per heavy atom. The predicted molar refractivity (Wildman–Crippen MR) is 86.0 cm³/mol. The zero-order valence-corrected chi connectivity index (χ0v) is 12.8. The average Bonchev–Trinajstić information content (AvgIpc) is 2.86. The first kappa shape index (κ1) is 14.2. The van der Waals surface area contributed by atoms with Gasteiger partial charge in [0.2, 0.25) is 11.9 Å². The second-order valence-corrected chi connectivity index (χ2v) is 5.60. The third-order valence-electron chi connectivity index (χ3n) is 3.08. The van der Waals surface area contributed by atoms with Crippen molar-refractivity contribution in [3.8, 4) is 0 Å². The van der Waals surface area contributed by atoms with E-state index in [9.17, 15) is 0 Å². The van der Waals surface area contributed by atoms with Crippen molar-refractivity contribution >= 4 is 28.9 Å². The van der Waals surface area contributed by atoms with Crippen LogP contribution in [-0.4, -0.2) is 19.5 Å². The number of nitrogens with one attached hydrogen (secondary N) is 2. The van der Waals surface area contributed by atoms with Gasteiger partial charge in [0.25, 0.3) is 0 Å². The molecule has 8 heteroatoms. The third-order valence-corrected chi connectivity index (χ3v) is 3.80. The highest BCUT2D eigenvalue weighted by molar-refractivity contribution is 7.06. The van der Waals surface area contributed by atoms with E-state index in [4.69, 9.17) is 11.1 Å². The number of para-hydroxylation sites is 1. The lowest BCUT2D eigenvalue weighted by Gasteiger charge is -2.09. The lowest BCUT2D eigenvalue weighted by Crippen LogP contribution is -2.16. The zero-order chi connectivity index (χ0) is 15.5. The van der Waals surface area contributed by atoms with Gasteiger partial charge in [-0.25, -0.2) is 0 Å². The first-order chi connectivity index (χ1) is 10.6. The van der Waals surface area contributed by atoms with E-state index >= 15 is 0 Å². The van der Waals surface area contributed by atoms with Gasteiger partial charge in [-0.1, -0.05) is 18.2 Å². The van der Waals surface area contributed by atoms with Gasteiger partial charge in [0.05, 0.1) is 6.54 Å². The van der Waals surface area contributed by atoms with Gasteiger partial charge in [0.15, 0.2) is 10.6 Å². The Hall–Kier alpha value is -2.74. The normalized spacial score (nSPS) is 10.6. The monoisotopic (exact) mass is 313 g/mol. The van der Waals surface area contributed by atoms with E-state index in [0.717, 1.165) is 11.3 Å². The van der Waals surface area contributed by atoms with Crippen molar-refractivity contribution in [2.45, 2.75) is 13.5 Å². The fraction of sp³-hybridized carbons (Fsp3) is 0.143. The van der Waals surface area contributed by atoms with Crippen LogP contribution >= 0.6 is 11.3 Å². The zero-order valence-electron chi connectivity index (χ0n) is 11.9. The summed E-state index contributed by atoms with van der Waals surface area (Å²) in [5.41, 5.74) is 7.77. The van der Waals surface area contributed by atoms with Gasteiger partial charge in [-0.15, -0.1) is 11.3 Å². The molecule has 0 atom stereocenters. The molecule has 0 spiro atoms. The maximum absolute atomic E-state index is 7.78. The van der Waals surface area contributed by atoms with E-state index in [1.165, 1.54) is 11.3 Å². The fourth-order valence-corrected chi connectivity index (χ4v) is 2.58. The molecule has 0 aliphatic heterocycles. The highest BCUT2D eigenvalue weighted by Crippen LogP contribution is 2.17. The minimum Gasteiger partial charge on any atom is -0.368 e. The molecule has 0 radical (unpaired) electrons. The number of thiazole rings is 1. The number of aromatic nitrogens is 4. The molecule has 4 N–H and O–H groups in total. The fourth-order valence-electron chi connectivity index (χ4n) is 1.98. The van der Waals surface area contributed by atoms with Gasteiger partial charge in [0, 0.05) is 17.3 Å². The summed E-state index contributed by atoms with van der Waals surface area (Å²) in [6.07, 6.45) is 1.82. The molecule has 7 nitrogen and oxygen atoms in total. The molecular formula is C14H15N7S. The second kappa shape index (κ2) is 5.94. The van der Waals surface area contributed by atoms with Crippen molar-refractivity contribution in [1.82, 2.24) is 19.5 Å². The Morgan fingerprint density at radius 2 is 2.09 bits per heavy atom. The maximum atomic E-state index is 7.78. The molecule has 0 aliphatic rings. The van der Waals surface area contributed by atoms with Crippen LogP contribution < -0.4 is 15.9 Å². The highest BCUT2D eigenvalue weighted by atomic mass is 32.1. The van der Waals surface area contributed by atoms with Crippen molar-refractivity contribution in [2.75, 3.05) is 11.1 Å². The Bertz CT molecular complexity index is 852. The van der Waals surface area contributed by atoms with Crippen molar-refractivity contribution in [3.05, 3.63) is 52.0 Å². The molecule has 0 amide bonds. The van der Waals surface area contributed by atoms with Crippen molar-refractivity contribution in [2.24, 2.45) is 0 Å². The molecule has 2 heterocycles. The van der Waals surface area contributed by atoms with Gasteiger partial charge in [-0.3, -0.25) is 5.41 Å². The number of nitrogens with two attached hydrogens (primary N) is 1. The lowest BCUT2D eigenvalue weighted by atomic mass is 10.2. The van der Waals surface area contributed by atoms with E-state index in [1.54, 1.807) is 4.57 Å². The summed E-state index contributed by atoms with van der Waals surface area (Å²) in [6, 6.07) is 7.86. The van der Waals surface area contributed by atoms with E-state index < -0.39 is 0 Å².